The van der Waals surface area contributed by atoms with Crippen LogP contribution in [0.1, 0.15) is 22.2 Å². The number of anilines is 1. The molecule has 6 nitrogen and oxygen atoms in total. The summed E-state index contributed by atoms with van der Waals surface area (Å²) >= 11 is 1.65. The van der Waals surface area contributed by atoms with Crippen molar-refractivity contribution >= 4 is 23.1 Å². The molecule has 1 aliphatic rings. The Morgan fingerprint density at radius 2 is 1.78 bits per heavy atom. The van der Waals surface area contributed by atoms with Crippen LogP contribution in [0, 0.1) is 0 Å². The van der Waals surface area contributed by atoms with Crippen LogP contribution in [0.15, 0.2) is 78.3 Å². The molecular weight excluding hydrogens is 422 g/mol. The van der Waals surface area contributed by atoms with E-state index in [4.69, 9.17) is 9.47 Å². The summed E-state index contributed by atoms with van der Waals surface area (Å²) in [6.45, 7) is 0.480. The van der Waals surface area contributed by atoms with E-state index in [1.807, 2.05) is 34.5 Å². The molecule has 0 aliphatic carbocycles. The number of methoxy groups -OCH3 is 2. The number of nitrogens with zero attached hydrogens (tertiary/aromatic N) is 2. The Hall–Kier alpha value is -3.71. The number of nitrogens with one attached hydrogen (secondary N) is 1. The molecule has 3 heterocycles. The molecule has 1 N–H and O–H groups in total. The first kappa shape index (κ1) is 20.2. The van der Waals surface area contributed by atoms with Crippen molar-refractivity contribution in [3.63, 3.8) is 0 Å². The van der Waals surface area contributed by atoms with Crippen LogP contribution in [-0.4, -0.2) is 29.7 Å². The number of hydrogen-bond acceptors (Lipinski definition) is 4. The third kappa shape index (κ3) is 3.61. The molecule has 5 rings (SSSR count). The second kappa shape index (κ2) is 8.43. The number of carbonyl (C=O) groups excluding carboxylic acids is 1. The highest BCUT2D eigenvalue weighted by Gasteiger charge is 2.33. The van der Waals surface area contributed by atoms with Crippen molar-refractivity contribution in [2.24, 2.45) is 0 Å². The third-order valence-electron chi connectivity index (χ3n) is 5.64. The minimum absolute atomic E-state index is 0.192. The van der Waals surface area contributed by atoms with Crippen LogP contribution < -0.4 is 14.8 Å². The summed E-state index contributed by atoms with van der Waals surface area (Å²) in [4.78, 5) is 16.7. The largest absolute Gasteiger partial charge is 0.497 e. The van der Waals surface area contributed by atoms with E-state index in [0.717, 1.165) is 21.8 Å². The van der Waals surface area contributed by atoms with Gasteiger partial charge < -0.3 is 24.3 Å². The number of fused-ring (bicyclic) bond motifs is 3. The van der Waals surface area contributed by atoms with E-state index in [-0.39, 0.29) is 12.1 Å². The Morgan fingerprint density at radius 1 is 1.00 bits per heavy atom. The predicted octanol–water partition coefficient (Wildman–Crippen LogP) is 5.69. The quantitative estimate of drug-likeness (QED) is 0.439. The van der Waals surface area contributed by atoms with E-state index in [2.05, 4.69) is 40.3 Å². The summed E-state index contributed by atoms with van der Waals surface area (Å²) in [7, 11) is 3.18. The molecular formula is C25H23N3O3S. The Bertz CT molecular complexity index is 1230. The van der Waals surface area contributed by atoms with Gasteiger partial charge in [-0.1, -0.05) is 24.3 Å². The molecule has 162 valence electrons. The zero-order valence-electron chi connectivity index (χ0n) is 17.8. The molecule has 2 aromatic carbocycles. The van der Waals surface area contributed by atoms with E-state index in [1.54, 1.807) is 43.8 Å². The molecule has 0 bridgehead atoms. The van der Waals surface area contributed by atoms with Gasteiger partial charge in [-0.25, -0.2) is 4.79 Å². The lowest BCUT2D eigenvalue weighted by Gasteiger charge is -2.30. The molecule has 2 aromatic heterocycles. The minimum Gasteiger partial charge on any atom is -0.497 e. The first-order valence-electron chi connectivity index (χ1n) is 10.3. The van der Waals surface area contributed by atoms with Crippen molar-refractivity contribution < 1.29 is 14.3 Å². The van der Waals surface area contributed by atoms with Crippen molar-refractivity contribution in [2.75, 3.05) is 19.5 Å². The Labute approximate surface area is 190 Å². The molecule has 4 aromatic rings. The van der Waals surface area contributed by atoms with Gasteiger partial charge in [0, 0.05) is 35.0 Å². The van der Waals surface area contributed by atoms with Crippen LogP contribution in [0.4, 0.5) is 10.5 Å². The lowest BCUT2D eigenvalue weighted by Crippen LogP contribution is -2.37. The van der Waals surface area contributed by atoms with Crippen LogP contribution in [0.25, 0.3) is 5.69 Å². The topological polar surface area (TPSA) is 55.7 Å². The number of urea groups is 1. The van der Waals surface area contributed by atoms with Crippen molar-refractivity contribution in [1.29, 1.82) is 0 Å². The van der Waals surface area contributed by atoms with Gasteiger partial charge in [0.25, 0.3) is 0 Å². The highest BCUT2D eigenvalue weighted by molar-refractivity contribution is 7.10. The number of aromatic nitrogens is 1. The maximum atomic E-state index is 13.7. The molecule has 0 saturated heterocycles. The molecule has 2 amide bonds. The highest BCUT2D eigenvalue weighted by Crippen LogP contribution is 2.38. The predicted molar refractivity (Wildman–Crippen MR) is 126 cm³/mol. The first-order chi connectivity index (χ1) is 15.7. The smallest absolute Gasteiger partial charge is 0.323 e. The summed E-state index contributed by atoms with van der Waals surface area (Å²) in [6.07, 6.45) is 2.06. The van der Waals surface area contributed by atoms with Crippen molar-refractivity contribution in [1.82, 2.24) is 9.47 Å². The summed E-state index contributed by atoms with van der Waals surface area (Å²) in [5, 5.41) is 5.10. The van der Waals surface area contributed by atoms with Crippen LogP contribution >= 0.6 is 11.3 Å². The fraction of sp³-hybridized carbons (Fsp3) is 0.160. The van der Waals surface area contributed by atoms with Gasteiger partial charge in [0.1, 0.15) is 17.5 Å². The van der Waals surface area contributed by atoms with E-state index in [9.17, 15) is 4.79 Å². The van der Waals surface area contributed by atoms with Crippen LogP contribution in [0.5, 0.6) is 11.5 Å². The maximum absolute atomic E-state index is 13.7. The molecule has 0 radical (unpaired) electrons. The van der Waals surface area contributed by atoms with Gasteiger partial charge in [0.15, 0.2) is 0 Å². The summed E-state index contributed by atoms with van der Waals surface area (Å²) in [5.74, 6) is 1.23. The first-order valence-corrected chi connectivity index (χ1v) is 11.2. The molecule has 7 heteroatoms. The van der Waals surface area contributed by atoms with Crippen LogP contribution in [-0.2, 0) is 6.54 Å². The van der Waals surface area contributed by atoms with Gasteiger partial charge in [-0.15, -0.1) is 11.3 Å². The minimum atomic E-state index is -0.218. The number of hydrogen-bond donors (Lipinski definition) is 1. The Morgan fingerprint density at radius 3 is 2.50 bits per heavy atom. The van der Waals surface area contributed by atoms with E-state index >= 15 is 0 Å². The van der Waals surface area contributed by atoms with Gasteiger partial charge in [-0.3, -0.25) is 0 Å². The monoisotopic (exact) mass is 445 g/mol. The van der Waals surface area contributed by atoms with Gasteiger partial charge in [-0.2, -0.15) is 0 Å². The van der Waals surface area contributed by atoms with Crippen molar-refractivity contribution in [2.45, 2.75) is 12.6 Å². The molecule has 0 spiro atoms. The van der Waals surface area contributed by atoms with Crippen molar-refractivity contribution in [3.05, 3.63) is 94.4 Å². The number of amides is 2. The summed E-state index contributed by atoms with van der Waals surface area (Å²) in [5.41, 5.74) is 3.84. The molecule has 1 aliphatic heterocycles. The van der Waals surface area contributed by atoms with Gasteiger partial charge >= 0.3 is 6.03 Å². The van der Waals surface area contributed by atoms with Crippen LogP contribution in [0.3, 0.4) is 0 Å². The lowest BCUT2D eigenvalue weighted by molar-refractivity contribution is 0.195. The second-order valence-corrected chi connectivity index (χ2v) is 8.49. The molecule has 0 fully saturated rings. The number of rotatable bonds is 4. The number of thiophene rings is 1. The number of benzene rings is 2. The third-order valence-corrected chi connectivity index (χ3v) is 6.56. The molecule has 1 atom stereocenters. The molecule has 32 heavy (non-hydrogen) atoms. The maximum Gasteiger partial charge on any atom is 0.323 e. The molecule has 0 saturated carbocycles. The zero-order valence-corrected chi connectivity index (χ0v) is 18.6. The highest BCUT2D eigenvalue weighted by atomic mass is 32.1. The number of para-hydroxylation sites is 1. The van der Waals surface area contributed by atoms with Gasteiger partial charge in [0.05, 0.1) is 32.1 Å². The fourth-order valence-electron chi connectivity index (χ4n) is 4.16. The van der Waals surface area contributed by atoms with Crippen molar-refractivity contribution in [3.8, 4) is 17.2 Å². The lowest BCUT2D eigenvalue weighted by atomic mass is 10.1. The summed E-state index contributed by atoms with van der Waals surface area (Å²) in [6, 6.07) is 21.4. The Kier molecular flexibility index (Phi) is 5.33. The van der Waals surface area contributed by atoms with E-state index in [0.29, 0.717) is 23.7 Å². The van der Waals surface area contributed by atoms with E-state index < -0.39 is 0 Å². The fourth-order valence-corrected chi connectivity index (χ4v) is 5.01. The SMILES string of the molecule is COc1cc(NC(=O)N2Cc3ccccc3-n3cccc3[C@H]2c2cccs2)cc(OC)c1. The average molecular weight is 446 g/mol. The Balaban J connectivity index is 1.58. The van der Waals surface area contributed by atoms with Gasteiger partial charge in [-0.05, 0) is 35.2 Å². The van der Waals surface area contributed by atoms with E-state index in [1.165, 1.54) is 0 Å². The average Bonchev–Trinajstić information content (AvgIpc) is 3.50. The van der Waals surface area contributed by atoms with Gasteiger partial charge in [0.2, 0.25) is 0 Å². The normalized spacial score (nSPS) is 14.8. The zero-order chi connectivity index (χ0) is 22.1. The van der Waals surface area contributed by atoms with Crippen LogP contribution in [0.2, 0.25) is 0 Å². The number of carbonyl (C=O) groups is 1. The second-order valence-electron chi connectivity index (χ2n) is 7.51. The number of ether oxygens (including phenoxy) is 2. The standard InChI is InChI=1S/C25H23N3O3S/c1-30-19-13-18(14-20(15-19)31-2)26-25(29)28-16-17-7-3-4-8-21(17)27-11-5-9-22(27)24(28)23-10-6-12-32-23/h3-15,24H,16H2,1-2H3,(H,26,29)/t24-/m0/s1. The molecule has 0 unspecified atom stereocenters. The summed E-state index contributed by atoms with van der Waals surface area (Å²) < 4.78 is 12.9.